The molecule has 0 N–H and O–H groups in total. The van der Waals surface area contributed by atoms with Crippen LogP contribution in [0.25, 0.3) is 6.08 Å². The van der Waals surface area contributed by atoms with Gasteiger partial charge in [0.1, 0.15) is 12.4 Å². The summed E-state index contributed by atoms with van der Waals surface area (Å²) in [7, 11) is 3.14. The summed E-state index contributed by atoms with van der Waals surface area (Å²) in [5, 5.41) is 0.653. The maximum Gasteiger partial charge on any atom is 0.338 e. The lowest BCUT2D eigenvalue weighted by Crippen LogP contribution is -2.39. The molecular weight excluding hydrogens is 656 g/mol. The van der Waals surface area contributed by atoms with E-state index in [-0.39, 0.29) is 12.2 Å². The molecule has 0 radical (unpaired) electrons. The Morgan fingerprint density at radius 3 is 2.47 bits per heavy atom. The first-order valence-corrected chi connectivity index (χ1v) is 15.3. The van der Waals surface area contributed by atoms with Crippen LogP contribution in [0.2, 0.25) is 5.02 Å². The molecule has 4 aromatic rings. The Hall–Kier alpha value is -3.86. The van der Waals surface area contributed by atoms with Crippen LogP contribution in [0.3, 0.4) is 0 Å². The van der Waals surface area contributed by atoms with Gasteiger partial charge in [0.15, 0.2) is 16.3 Å². The van der Waals surface area contributed by atoms with Gasteiger partial charge in [-0.05, 0) is 88.9 Å². The number of fused-ring (bicyclic) bond motifs is 1. The van der Waals surface area contributed by atoms with Gasteiger partial charge >= 0.3 is 5.97 Å². The number of esters is 1. The molecule has 43 heavy (non-hydrogen) atoms. The second-order valence-electron chi connectivity index (χ2n) is 9.52. The van der Waals surface area contributed by atoms with Gasteiger partial charge in [0.05, 0.1) is 47.1 Å². The maximum atomic E-state index is 14.0. The van der Waals surface area contributed by atoms with Gasteiger partial charge in [-0.3, -0.25) is 9.36 Å². The summed E-state index contributed by atoms with van der Waals surface area (Å²) in [5.41, 5.74) is 2.94. The van der Waals surface area contributed by atoms with Gasteiger partial charge in [-0.1, -0.05) is 47.2 Å². The maximum absolute atomic E-state index is 14.0. The zero-order valence-corrected chi connectivity index (χ0v) is 27.0. The Morgan fingerprint density at radius 2 is 1.81 bits per heavy atom. The summed E-state index contributed by atoms with van der Waals surface area (Å²) < 4.78 is 25.0. The zero-order valence-electron chi connectivity index (χ0n) is 23.9. The topological polar surface area (TPSA) is 88.4 Å². The van der Waals surface area contributed by atoms with Crippen molar-refractivity contribution in [1.29, 1.82) is 0 Å². The van der Waals surface area contributed by atoms with Crippen LogP contribution < -0.4 is 29.1 Å². The molecule has 0 spiro atoms. The smallest absolute Gasteiger partial charge is 0.338 e. The Morgan fingerprint density at radius 1 is 1.09 bits per heavy atom. The van der Waals surface area contributed by atoms with Crippen molar-refractivity contribution >= 4 is 50.9 Å². The number of aromatic nitrogens is 1. The van der Waals surface area contributed by atoms with Gasteiger partial charge in [0.2, 0.25) is 0 Å². The average molecular weight is 684 g/mol. The van der Waals surface area contributed by atoms with Crippen LogP contribution in [-0.2, 0) is 16.1 Å². The van der Waals surface area contributed by atoms with Crippen LogP contribution >= 0.6 is 38.9 Å². The molecule has 1 aliphatic rings. The van der Waals surface area contributed by atoms with Crippen LogP contribution in [0.4, 0.5) is 0 Å². The Balaban J connectivity index is 1.56. The predicted molar refractivity (Wildman–Crippen MR) is 170 cm³/mol. The molecule has 0 saturated carbocycles. The summed E-state index contributed by atoms with van der Waals surface area (Å²) in [5.74, 6) is 1.18. The highest BCUT2D eigenvalue weighted by atomic mass is 79.9. The van der Waals surface area contributed by atoms with E-state index in [0.29, 0.717) is 54.0 Å². The number of carbonyl (C=O) groups is 1. The summed E-state index contributed by atoms with van der Waals surface area (Å²) in [4.78, 5) is 32.2. The minimum atomic E-state index is -0.715. The summed E-state index contributed by atoms with van der Waals surface area (Å²) in [6.07, 6.45) is 1.77. The molecule has 8 nitrogen and oxygen atoms in total. The summed E-state index contributed by atoms with van der Waals surface area (Å²) >= 11 is 10.8. The number of hydrogen-bond acceptors (Lipinski definition) is 8. The monoisotopic (exact) mass is 682 g/mol. The van der Waals surface area contributed by atoms with E-state index in [2.05, 4.69) is 20.9 Å². The number of benzene rings is 3. The number of methoxy groups -OCH3 is 2. The van der Waals surface area contributed by atoms with Gasteiger partial charge in [-0.25, -0.2) is 9.79 Å². The molecule has 0 amide bonds. The minimum absolute atomic E-state index is 0.200. The molecule has 2 heterocycles. The molecule has 222 valence electrons. The summed E-state index contributed by atoms with van der Waals surface area (Å²) in [6, 6.07) is 17.6. The third kappa shape index (κ3) is 6.41. The number of carbonyl (C=O) groups excluding carboxylic acids is 1. The van der Waals surface area contributed by atoms with Crippen molar-refractivity contribution in [3.05, 3.63) is 118 Å². The molecule has 0 bridgehead atoms. The lowest BCUT2D eigenvalue weighted by molar-refractivity contribution is -0.139. The first-order chi connectivity index (χ1) is 20.7. The SMILES string of the molecule is CCOC(=O)C1=C(C)N=c2s/c(=C/c3cc(Br)c(OCc4ccc(Cl)cc4)c(OC)c3)c(=O)n2[C@@H]1c1ccc(OC)cc1. The summed E-state index contributed by atoms with van der Waals surface area (Å²) in [6.45, 7) is 4.01. The number of halogens is 2. The van der Waals surface area contributed by atoms with Crippen molar-refractivity contribution in [1.82, 2.24) is 4.57 Å². The quantitative estimate of drug-likeness (QED) is 0.207. The minimum Gasteiger partial charge on any atom is -0.497 e. The van der Waals surface area contributed by atoms with E-state index in [4.69, 9.17) is 30.5 Å². The molecule has 5 rings (SSSR count). The lowest BCUT2D eigenvalue weighted by Gasteiger charge is -2.24. The lowest BCUT2D eigenvalue weighted by atomic mass is 9.96. The van der Waals surface area contributed by atoms with Crippen LogP contribution in [-0.4, -0.2) is 31.4 Å². The van der Waals surface area contributed by atoms with E-state index < -0.39 is 12.0 Å². The first-order valence-electron chi connectivity index (χ1n) is 13.3. The van der Waals surface area contributed by atoms with Crippen molar-refractivity contribution in [2.45, 2.75) is 26.5 Å². The second kappa shape index (κ2) is 13.2. The van der Waals surface area contributed by atoms with E-state index >= 15 is 0 Å². The molecular formula is C32H28BrClN2O6S. The Bertz CT molecular complexity index is 1880. The third-order valence-corrected chi connectivity index (χ3v) is 8.62. The second-order valence-corrected chi connectivity index (χ2v) is 11.8. The molecule has 1 aromatic heterocycles. The fraction of sp³-hybridized carbons (Fsp3) is 0.219. The Labute approximate surface area is 265 Å². The van der Waals surface area contributed by atoms with E-state index in [0.717, 1.165) is 16.7 Å². The normalized spacial score (nSPS) is 14.7. The number of hydrogen-bond donors (Lipinski definition) is 0. The van der Waals surface area contributed by atoms with Gasteiger partial charge < -0.3 is 18.9 Å². The van der Waals surface area contributed by atoms with Crippen molar-refractivity contribution in [3.63, 3.8) is 0 Å². The number of rotatable bonds is 9. The largest absolute Gasteiger partial charge is 0.497 e. The highest BCUT2D eigenvalue weighted by Gasteiger charge is 2.33. The molecule has 0 saturated heterocycles. The molecule has 1 aliphatic heterocycles. The van der Waals surface area contributed by atoms with Gasteiger partial charge in [-0.2, -0.15) is 0 Å². The van der Waals surface area contributed by atoms with Gasteiger partial charge in [-0.15, -0.1) is 0 Å². The standard InChI is InChI=1S/C32H28BrClN2O6S/c1-5-41-31(38)27-18(2)35-32-36(28(27)21-8-12-23(39-3)13-9-21)30(37)26(43-32)16-20-14-24(33)29(25(15-20)40-4)42-17-19-6-10-22(34)11-7-19/h6-16,28H,5,17H2,1-4H3/b26-16+/t28-/m1/s1. The van der Waals surface area contributed by atoms with Crippen LogP contribution in [0.1, 0.15) is 36.6 Å². The Kier molecular flexibility index (Phi) is 9.39. The highest BCUT2D eigenvalue weighted by Crippen LogP contribution is 2.37. The molecule has 1 atom stereocenters. The van der Waals surface area contributed by atoms with E-state index in [1.54, 1.807) is 56.9 Å². The highest BCUT2D eigenvalue weighted by molar-refractivity contribution is 9.10. The first kappa shape index (κ1) is 30.6. The van der Waals surface area contributed by atoms with Crippen LogP contribution in [0.15, 0.2) is 86.2 Å². The van der Waals surface area contributed by atoms with Gasteiger partial charge in [0, 0.05) is 5.02 Å². The van der Waals surface area contributed by atoms with Crippen LogP contribution in [0.5, 0.6) is 17.2 Å². The van der Waals surface area contributed by atoms with Crippen molar-refractivity contribution in [3.8, 4) is 17.2 Å². The van der Waals surface area contributed by atoms with Crippen LogP contribution in [0, 0.1) is 0 Å². The average Bonchev–Trinajstić information content (AvgIpc) is 3.30. The van der Waals surface area contributed by atoms with E-state index in [1.807, 2.05) is 42.5 Å². The molecule has 0 unspecified atom stereocenters. The number of thiazole rings is 1. The number of nitrogens with zero attached hydrogens (tertiary/aromatic N) is 2. The molecule has 11 heteroatoms. The van der Waals surface area contributed by atoms with E-state index in [1.165, 1.54) is 11.3 Å². The third-order valence-electron chi connectivity index (χ3n) is 6.79. The number of allylic oxidation sites excluding steroid dienone is 1. The fourth-order valence-corrected chi connectivity index (χ4v) is 6.49. The molecule has 0 fully saturated rings. The molecule has 3 aromatic carbocycles. The number of ether oxygens (including phenoxy) is 4. The fourth-order valence-electron chi connectivity index (χ4n) is 4.74. The van der Waals surface area contributed by atoms with Crippen molar-refractivity contribution < 1.29 is 23.7 Å². The van der Waals surface area contributed by atoms with Crippen molar-refractivity contribution in [2.24, 2.45) is 4.99 Å². The van der Waals surface area contributed by atoms with E-state index in [9.17, 15) is 9.59 Å². The zero-order chi connectivity index (χ0) is 30.7. The predicted octanol–water partition coefficient (Wildman–Crippen LogP) is 5.81. The molecule has 0 aliphatic carbocycles. The van der Waals surface area contributed by atoms with Gasteiger partial charge in [0.25, 0.3) is 5.56 Å². The van der Waals surface area contributed by atoms with Crippen molar-refractivity contribution in [2.75, 3.05) is 20.8 Å².